The summed E-state index contributed by atoms with van der Waals surface area (Å²) >= 11 is 1.65. The lowest BCUT2D eigenvalue weighted by atomic mass is 10.1. The molecular formula is C14H16N4O2S. The number of thiazole rings is 1. The Kier molecular flexibility index (Phi) is 4.12. The SMILES string of the molecule is O=C(O)c1ncccc1CN1CCN(c2nccs2)CC1. The quantitative estimate of drug-likeness (QED) is 0.924. The van der Waals surface area contributed by atoms with Crippen molar-refractivity contribution >= 4 is 22.4 Å². The number of aromatic carboxylic acids is 1. The molecule has 0 saturated carbocycles. The molecule has 0 aromatic carbocycles. The number of rotatable bonds is 4. The van der Waals surface area contributed by atoms with Crippen molar-refractivity contribution in [1.29, 1.82) is 0 Å². The standard InChI is InChI=1S/C14H16N4O2S/c19-13(20)12-11(2-1-3-15-12)10-17-5-7-18(8-6-17)14-16-4-9-21-14/h1-4,9H,5-8,10H2,(H,19,20). The second kappa shape index (κ2) is 6.19. The molecule has 21 heavy (non-hydrogen) atoms. The number of aromatic nitrogens is 2. The molecule has 110 valence electrons. The highest BCUT2D eigenvalue weighted by Gasteiger charge is 2.20. The Morgan fingerprint density at radius 2 is 2.05 bits per heavy atom. The maximum atomic E-state index is 11.2. The van der Waals surface area contributed by atoms with E-state index >= 15 is 0 Å². The minimum atomic E-state index is -0.966. The molecule has 0 spiro atoms. The lowest BCUT2D eigenvalue weighted by Crippen LogP contribution is -2.46. The first-order chi connectivity index (χ1) is 10.2. The van der Waals surface area contributed by atoms with Crippen LogP contribution in [0.3, 0.4) is 0 Å². The molecule has 0 amide bonds. The second-order valence-electron chi connectivity index (χ2n) is 4.89. The van der Waals surface area contributed by atoms with Crippen LogP contribution in [0.2, 0.25) is 0 Å². The van der Waals surface area contributed by atoms with Gasteiger partial charge in [0.05, 0.1) is 0 Å². The summed E-state index contributed by atoms with van der Waals surface area (Å²) in [6.07, 6.45) is 3.34. The van der Waals surface area contributed by atoms with Crippen LogP contribution in [0, 0.1) is 0 Å². The summed E-state index contributed by atoms with van der Waals surface area (Å²) in [6, 6.07) is 3.62. The molecule has 0 unspecified atom stereocenters. The number of hydrogen-bond donors (Lipinski definition) is 1. The fraction of sp³-hybridized carbons (Fsp3) is 0.357. The Hall–Kier alpha value is -1.99. The van der Waals surface area contributed by atoms with Gasteiger partial charge in [0, 0.05) is 50.5 Å². The number of piperazine rings is 1. The van der Waals surface area contributed by atoms with Gasteiger partial charge in [-0.3, -0.25) is 4.90 Å². The fourth-order valence-electron chi connectivity index (χ4n) is 2.47. The van der Waals surface area contributed by atoms with E-state index in [0.717, 1.165) is 36.9 Å². The van der Waals surface area contributed by atoms with E-state index in [1.807, 2.05) is 17.6 Å². The van der Waals surface area contributed by atoms with Gasteiger partial charge in [0.1, 0.15) is 0 Å². The molecule has 0 atom stereocenters. The highest BCUT2D eigenvalue weighted by molar-refractivity contribution is 7.13. The Labute approximate surface area is 126 Å². The van der Waals surface area contributed by atoms with E-state index in [1.54, 1.807) is 17.4 Å². The number of nitrogens with zero attached hydrogens (tertiary/aromatic N) is 4. The maximum absolute atomic E-state index is 11.2. The minimum Gasteiger partial charge on any atom is -0.477 e. The van der Waals surface area contributed by atoms with E-state index in [-0.39, 0.29) is 5.69 Å². The Morgan fingerprint density at radius 1 is 1.24 bits per heavy atom. The van der Waals surface area contributed by atoms with Gasteiger partial charge in [0.2, 0.25) is 0 Å². The minimum absolute atomic E-state index is 0.153. The molecule has 6 nitrogen and oxygen atoms in total. The molecule has 0 bridgehead atoms. The van der Waals surface area contributed by atoms with Gasteiger partial charge in [-0.25, -0.2) is 14.8 Å². The average molecular weight is 304 g/mol. The smallest absolute Gasteiger partial charge is 0.354 e. The molecule has 1 saturated heterocycles. The molecular weight excluding hydrogens is 288 g/mol. The zero-order valence-electron chi connectivity index (χ0n) is 11.5. The zero-order chi connectivity index (χ0) is 14.7. The largest absolute Gasteiger partial charge is 0.477 e. The topological polar surface area (TPSA) is 69.6 Å². The molecule has 2 aromatic rings. The molecule has 0 radical (unpaired) electrons. The molecule has 3 heterocycles. The van der Waals surface area contributed by atoms with Gasteiger partial charge in [0.25, 0.3) is 0 Å². The highest BCUT2D eigenvalue weighted by Crippen LogP contribution is 2.20. The summed E-state index contributed by atoms with van der Waals surface area (Å²) in [5, 5.41) is 12.2. The number of pyridine rings is 1. The van der Waals surface area contributed by atoms with E-state index in [1.165, 1.54) is 6.20 Å². The van der Waals surface area contributed by atoms with E-state index in [0.29, 0.717) is 6.54 Å². The molecule has 0 aliphatic carbocycles. The van der Waals surface area contributed by atoms with Crippen molar-refractivity contribution in [3.05, 3.63) is 41.2 Å². The molecule has 1 N–H and O–H groups in total. The van der Waals surface area contributed by atoms with Crippen LogP contribution in [-0.4, -0.2) is 52.1 Å². The first kappa shape index (κ1) is 14.0. The van der Waals surface area contributed by atoms with Crippen LogP contribution in [0.15, 0.2) is 29.9 Å². The van der Waals surface area contributed by atoms with Crippen LogP contribution in [0.1, 0.15) is 16.1 Å². The molecule has 3 rings (SSSR count). The van der Waals surface area contributed by atoms with Crippen molar-refractivity contribution in [3.8, 4) is 0 Å². The Morgan fingerprint density at radius 3 is 2.71 bits per heavy atom. The Bertz CT molecular complexity index is 609. The van der Waals surface area contributed by atoms with Crippen molar-refractivity contribution in [2.45, 2.75) is 6.54 Å². The lowest BCUT2D eigenvalue weighted by Gasteiger charge is -2.34. The van der Waals surface area contributed by atoms with Crippen LogP contribution in [-0.2, 0) is 6.54 Å². The van der Waals surface area contributed by atoms with Crippen molar-refractivity contribution in [3.63, 3.8) is 0 Å². The first-order valence-electron chi connectivity index (χ1n) is 6.78. The highest BCUT2D eigenvalue weighted by atomic mass is 32.1. The summed E-state index contributed by atoms with van der Waals surface area (Å²) in [6.45, 7) is 4.24. The number of hydrogen-bond acceptors (Lipinski definition) is 6. The van der Waals surface area contributed by atoms with Gasteiger partial charge in [-0.05, 0) is 11.6 Å². The van der Waals surface area contributed by atoms with Crippen LogP contribution >= 0.6 is 11.3 Å². The molecule has 7 heteroatoms. The summed E-state index contributed by atoms with van der Waals surface area (Å²) < 4.78 is 0. The second-order valence-corrected chi connectivity index (χ2v) is 5.77. The van der Waals surface area contributed by atoms with E-state index in [9.17, 15) is 4.79 Å². The predicted octanol–water partition coefficient (Wildman–Crippen LogP) is 1.56. The van der Waals surface area contributed by atoms with Crippen molar-refractivity contribution < 1.29 is 9.90 Å². The van der Waals surface area contributed by atoms with Gasteiger partial charge in [-0.2, -0.15) is 0 Å². The summed E-state index contributed by atoms with van der Waals surface area (Å²) in [5.41, 5.74) is 0.924. The molecule has 1 aliphatic heterocycles. The third kappa shape index (κ3) is 3.20. The van der Waals surface area contributed by atoms with E-state index in [4.69, 9.17) is 5.11 Å². The Balaban J connectivity index is 1.62. The normalized spacial score (nSPS) is 16.1. The molecule has 2 aromatic heterocycles. The summed E-state index contributed by atoms with van der Waals surface area (Å²) in [5.74, 6) is -0.966. The van der Waals surface area contributed by atoms with Gasteiger partial charge >= 0.3 is 5.97 Å². The number of carboxylic acid groups (broad SMARTS) is 1. The zero-order valence-corrected chi connectivity index (χ0v) is 12.3. The van der Waals surface area contributed by atoms with Gasteiger partial charge in [0.15, 0.2) is 10.8 Å². The maximum Gasteiger partial charge on any atom is 0.354 e. The third-order valence-corrected chi connectivity index (χ3v) is 4.38. The van der Waals surface area contributed by atoms with Crippen LogP contribution < -0.4 is 4.90 Å². The van der Waals surface area contributed by atoms with E-state index < -0.39 is 5.97 Å². The van der Waals surface area contributed by atoms with Gasteiger partial charge < -0.3 is 10.0 Å². The molecule has 1 fully saturated rings. The third-order valence-electron chi connectivity index (χ3n) is 3.55. The van der Waals surface area contributed by atoms with Crippen molar-refractivity contribution in [2.24, 2.45) is 0 Å². The first-order valence-corrected chi connectivity index (χ1v) is 7.66. The fourth-order valence-corrected chi connectivity index (χ4v) is 3.17. The number of anilines is 1. The van der Waals surface area contributed by atoms with Crippen molar-refractivity contribution in [1.82, 2.24) is 14.9 Å². The monoisotopic (exact) mass is 304 g/mol. The molecule has 1 aliphatic rings. The summed E-state index contributed by atoms with van der Waals surface area (Å²) in [7, 11) is 0. The van der Waals surface area contributed by atoms with Gasteiger partial charge in [-0.15, -0.1) is 11.3 Å². The van der Waals surface area contributed by atoms with Crippen LogP contribution in [0.25, 0.3) is 0 Å². The van der Waals surface area contributed by atoms with E-state index in [2.05, 4.69) is 19.8 Å². The predicted molar refractivity (Wildman–Crippen MR) is 80.8 cm³/mol. The van der Waals surface area contributed by atoms with Crippen molar-refractivity contribution in [2.75, 3.05) is 31.1 Å². The van der Waals surface area contributed by atoms with Gasteiger partial charge in [-0.1, -0.05) is 6.07 Å². The summed E-state index contributed by atoms with van der Waals surface area (Å²) in [4.78, 5) is 24.0. The van der Waals surface area contributed by atoms with Crippen LogP contribution in [0.4, 0.5) is 5.13 Å². The average Bonchev–Trinajstić information content (AvgIpc) is 3.03. The number of carbonyl (C=O) groups is 1. The van der Waals surface area contributed by atoms with Crippen LogP contribution in [0.5, 0.6) is 0 Å². The number of carboxylic acids is 1. The lowest BCUT2D eigenvalue weighted by molar-refractivity contribution is 0.0687.